The number of fused-ring (bicyclic) bond motifs is 1. The summed E-state index contributed by atoms with van der Waals surface area (Å²) in [6.45, 7) is 0.108. The number of carbonyl (C=O) groups excluding carboxylic acids is 3. The number of alkyl halides is 3. The number of imide groups is 1. The predicted molar refractivity (Wildman–Crippen MR) is 97.7 cm³/mol. The summed E-state index contributed by atoms with van der Waals surface area (Å²) in [6.07, 6.45) is -5.07. The molecule has 0 saturated carbocycles. The van der Waals surface area contributed by atoms with Crippen LogP contribution in [0, 0.1) is 0 Å². The molecule has 0 bridgehead atoms. The molecular formula is C21H17F3N2O3. The first-order valence-corrected chi connectivity index (χ1v) is 9.16. The Morgan fingerprint density at radius 3 is 2.38 bits per heavy atom. The molecule has 2 aliphatic rings. The van der Waals surface area contributed by atoms with E-state index in [9.17, 15) is 27.6 Å². The summed E-state index contributed by atoms with van der Waals surface area (Å²) in [5.41, 5.74) is 2.05. The van der Waals surface area contributed by atoms with E-state index in [2.05, 4.69) is 5.32 Å². The van der Waals surface area contributed by atoms with Crippen LogP contribution in [0.5, 0.6) is 0 Å². The number of halogens is 3. The van der Waals surface area contributed by atoms with Crippen molar-refractivity contribution in [2.75, 3.05) is 0 Å². The van der Waals surface area contributed by atoms with Crippen molar-refractivity contribution < 1.29 is 27.6 Å². The maximum absolute atomic E-state index is 13.0. The van der Waals surface area contributed by atoms with Crippen molar-refractivity contribution in [2.24, 2.45) is 0 Å². The van der Waals surface area contributed by atoms with Gasteiger partial charge in [-0.3, -0.25) is 19.7 Å². The second-order valence-electron chi connectivity index (χ2n) is 7.18. The number of nitrogens with one attached hydrogen (secondary N) is 1. The van der Waals surface area contributed by atoms with E-state index in [0.29, 0.717) is 22.3 Å². The Labute approximate surface area is 164 Å². The van der Waals surface area contributed by atoms with E-state index in [1.165, 1.54) is 11.0 Å². The number of piperidine rings is 1. The zero-order chi connectivity index (χ0) is 20.8. The van der Waals surface area contributed by atoms with Gasteiger partial charge in [0.2, 0.25) is 11.8 Å². The molecule has 1 saturated heterocycles. The van der Waals surface area contributed by atoms with Crippen molar-refractivity contribution in [3.63, 3.8) is 0 Å². The number of hydrogen-bond acceptors (Lipinski definition) is 3. The van der Waals surface area contributed by atoms with Crippen molar-refractivity contribution in [1.29, 1.82) is 0 Å². The highest BCUT2D eigenvalue weighted by atomic mass is 19.4. The summed E-state index contributed by atoms with van der Waals surface area (Å²) in [5.74, 6) is -1.26. The van der Waals surface area contributed by atoms with Gasteiger partial charge in [-0.15, -0.1) is 0 Å². The molecule has 0 radical (unpaired) electrons. The number of nitrogens with zero attached hydrogens (tertiary/aromatic N) is 1. The van der Waals surface area contributed by atoms with Gasteiger partial charge in [-0.2, -0.15) is 13.2 Å². The quantitative estimate of drug-likeness (QED) is 0.802. The summed E-state index contributed by atoms with van der Waals surface area (Å²) in [4.78, 5) is 37.9. The van der Waals surface area contributed by atoms with Gasteiger partial charge >= 0.3 is 6.18 Å². The van der Waals surface area contributed by atoms with Crippen LogP contribution < -0.4 is 5.32 Å². The van der Waals surface area contributed by atoms with Gasteiger partial charge in [0.05, 0.1) is 6.42 Å². The lowest BCUT2D eigenvalue weighted by Crippen LogP contribution is -2.52. The fraction of sp³-hybridized carbons (Fsp3) is 0.286. The molecule has 0 aliphatic carbocycles. The molecule has 0 aromatic heterocycles. The lowest BCUT2D eigenvalue weighted by molar-refractivity contribution is -0.137. The minimum Gasteiger partial charge on any atom is -0.322 e. The minimum atomic E-state index is -4.36. The molecule has 2 heterocycles. The molecule has 4 rings (SSSR count). The normalized spacial score (nSPS) is 19.3. The zero-order valence-electron chi connectivity index (χ0n) is 15.3. The van der Waals surface area contributed by atoms with Crippen molar-refractivity contribution in [3.8, 4) is 11.1 Å². The van der Waals surface area contributed by atoms with Crippen LogP contribution in [-0.4, -0.2) is 34.8 Å². The Morgan fingerprint density at radius 2 is 1.66 bits per heavy atom. The van der Waals surface area contributed by atoms with Crippen molar-refractivity contribution in [1.82, 2.24) is 10.2 Å². The Kier molecular flexibility index (Phi) is 4.64. The lowest BCUT2D eigenvalue weighted by Gasteiger charge is -2.29. The summed E-state index contributed by atoms with van der Waals surface area (Å²) in [5, 5.41) is 2.24. The Bertz CT molecular complexity index is 1020. The van der Waals surface area contributed by atoms with Crippen LogP contribution in [0.15, 0.2) is 42.5 Å². The first-order chi connectivity index (χ1) is 13.7. The summed E-state index contributed by atoms with van der Waals surface area (Å²) in [6, 6.07) is 10.4. The fourth-order valence-corrected chi connectivity index (χ4v) is 3.99. The van der Waals surface area contributed by atoms with Crippen molar-refractivity contribution in [2.45, 2.75) is 38.0 Å². The van der Waals surface area contributed by atoms with E-state index in [1.807, 2.05) is 0 Å². The van der Waals surface area contributed by atoms with Gasteiger partial charge in [0.25, 0.3) is 5.91 Å². The topological polar surface area (TPSA) is 66.5 Å². The second-order valence-corrected chi connectivity index (χ2v) is 7.18. The second kappa shape index (κ2) is 7.02. The van der Waals surface area contributed by atoms with E-state index >= 15 is 0 Å². The number of rotatable bonds is 3. The summed E-state index contributed by atoms with van der Waals surface area (Å²) < 4.78 is 39.1. The number of hydrogen-bond donors (Lipinski definition) is 1. The zero-order valence-corrected chi connectivity index (χ0v) is 15.3. The maximum atomic E-state index is 13.0. The van der Waals surface area contributed by atoms with Crippen LogP contribution in [0.1, 0.15) is 34.3 Å². The summed E-state index contributed by atoms with van der Waals surface area (Å²) >= 11 is 0. The molecule has 1 fully saturated rings. The third-order valence-electron chi connectivity index (χ3n) is 5.28. The molecule has 1 atom stereocenters. The van der Waals surface area contributed by atoms with Crippen LogP contribution in [-0.2, 0) is 22.6 Å². The molecule has 2 aromatic carbocycles. The third-order valence-corrected chi connectivity index (χ3v) is 5.28. The lowest BCUT2D eigenvalue weighted by atomic mass is 9.92. The number of carbonyl (C=O) groups is 3. The van der Waals surface area contributed by atoms with Crippen LogP contribution in [0.4, 0.5) is 13.2 Å². The Morgan fingerprint density at radius 1 is 0.966 bits per heavy atom. The maximum Gasteiger partial charge on any atom is 0.393 e. The van der Waals surface area contributed by atoms with Gasteiger partial charge in [0, 0.05) is 18.5 Å². The van der Waals surface area contributed by atoms with E-state index < -0.39 is 24.5 Å². The first kappa shape index (κ1) is 19.2. The fourth-order valence-electron chi connectivity index (χ4n) is 3.99. The molecule has 2 aromatic rings. The van der Waals surface area contributed by atoms with E-state index in [1.54, 1.807) is 36.4 Å². The van der Waals surface area contributed by atoms with Gasteiger partial charge in [-0.1, -0.05) is 36.4 Å². The Balaban J connectivity index is 1.72. The van der Waals surface area contributed by atoms with Gasteiger partial charge < -0.3 is 4.90 Å². The van der Waals surface area contributed by atoms with Gasteiger partial charge in [-0.05, 0) is 34.7 Å². The predicted octanol–water partition coefficient (Wildman–Crippen LogP) is 3.22. The molecular weight excluding hydrogens is 385 g/mol. The Hall–Kier alpha value is -3.16. The molecule has 0 spiro atoms. The average molecular weight is 402 g/mol. The van der Waals surface area contributed by atoms with Gasteiger partial charge in [0.1, 0.15) is 6.04 Å². The van der Waals surface area contributed by atoms with Crippen LogP contribution in [0.2, 0.25) is 0 Å². The molecule has 3 amide bonds. The molecule has 8 heteroatoms. The molecule has 150 valence electrons. The standard InChI is InChI=1S/C21H17F3N2O3/c22-21(23,24)10-12-4-1-2-5-13(12)14-6-3-7-15-16(14)11-26(20(15)29)17-8-9-18(27)25-19(17)28/h1-7,17H,8-11H2,(H,25,27,28). The first-order valence-electron chi connectivity index (χ1n) is 9.16. The summed E-state index contributed by atoms with van der Waals surface area (Å²) in [7, 11) is 0. The highest BCUT2D eigenvalue weighted by molar-refractivity contribution is 6.06. The molecule has 1 unspecified atom stereocenters. The van der Waals surface area contributed by atoms with E-state index in [4.69, 9.17) is 0 Å². The molecule has 29 heavy (non-hydrogen) atoms. The van der Waals surface area contributed by atoms with Crippen LogP contribution >= 0.6 is 0 Å². The van der Waals surface area contributed by atoms with Gasteiger partial charge in [0.15, 0.2) is 0 Å². The third kappa shape index (κ3) is 3.62. The largest absolute Gasteiger partial charge is 0.393 e. The monoisotopic (exact) mass is 402 g/mol. The molecule has 5 nitrogen and oxygen atoms in total. The number of benzene rings is 2. The smallest absolute Gasteiger partial charge is 0.322 e. The highest BCUT2D eigenvalue weighted by Gasteiger charge is 2.40. The molecule has 1 N–H and O–H groups in total. The van der Waals surface area contributed by atoms with Crippen LogP contribution in [0.25, 0.3) is 11.1 Å². The number of amides is 3. The van der Waals surface area contributed by atoms with E-state index in [0.717, 1.165) is 0 Å². The van der Waals surface area contributed by atoms with Crippen LogP contribution in [0.3, 0.4) is 0 Å². The SMILES string of the molecule is O=C1CCC(N2Cc3c(cccc3-c3ccccc3CC(F)(F)F)C2=O)C(=O)N1. The van der Waals surface area contributed by atoms with Gasteiger partial charge in [-0.25, -0.2) is 0 Å². The average Bonchev–Trinajstić information content (AvgIpc) is 2.98. The van der Waals surface area contributed by atoms with Crippen molar-refractivity contribution >= 4 is 17.7 Å². The molecule has 2 aliphatic heterocycles. The van der Waals surface area contributed by atoms with Crippen molar-refractivity contribution in [3.05, 3.63) is 59.2 Å². The minimum absolute atomic E-state index is 0.108. The highest BCUT2D eigenvalue weighted by Crippen LogP contribution is 2.37. The van der Waals surface area contributed by atoms with E-state index in [-0.39, 0.29) is 36.8 Å².